The Labute approximate surface area is 107 Å². The molecule has 12 heteroatoms. The summed E-state index contributed by atoms with van der Waals surface area (Å²) in [6.45, 7) is 0. The average molecular weight is 326 g/mol. The first-order valence-electron chi connectivity index (χ1n) is 4.11. The van der Waals surface area contributed by atoms with Crippen molar-refractivity contribution in [1.82, 2.24) is 0 Å². The summed E-state index contributed by atoms with van der Waals surface area (Å²) in [5.74, 6) is -10.1. The van der Waals surface area contributed by atoms with E-state index in [0.29, 0.717) is 0 Å². The average Bonchev–Trinajstić information content (AvgIpc) is 2.31. The van der Waals surface area contributed by atoms with Crippen LogP contribution in [0.5, 0.6) is 0 Å². The Morgan fingerprint density at radius 1 is 1.05 bits per heavy atom. The zero-order valence-corrected chi connectivity index (χ0v) is 10.1. The van der Waals surface area contributed by atoms with Crippen LogP contribution in [0.2, 0.25) is 0 Å². The Morgan fingerprint density at radius 3 is 1.89 bits per heavy atom. The van der Waals surface area contributed by atoms with Crippen molar-refractivity contribution in [2.45, 2.75) is 10.6 Å². The van der Waals surface area contributed by atoms with E-state index >= 15 is 0 Å². The minimum Gasteiger partial charge on any atom is -0.220 e. The molecule has 0 aliphatic carbocycles. The summed E-state index contributed by atoms with van der Waals surface area (Å²) in [4.78, 5) is -1.39. The smallest absolute Gasteiger partial charge is 0.220 e. The van der Waals surface area contributed by atoms with Crippen molar-refractivity contribution >= 4 is 22.3 Å². The third kappa shape index (κ3) is 3.76. The molecule has 0 atom stereocenters. The van der Waals surface area contributed by atoms with E-state index in [-0.39, 0.29) is 0 Å². The summed E-state index contributed by atoms with van der Waals surface area (Å²) in [6, 6.07) is 0. The van der Waals surface area contributed by atoms with Crippen molar-refractivity contribution in [2.24, 2.45) is 0 Å². The van der Waals surface area contributed by atoms with Crippen molar-refractivity contribution < 1.29 is 44.5 Å². The molecule has 0 aliphatic heterocycles. The molecule has 0 amide bonds. The van der Waals surface area contributed by atoms with Crippen LogP contribution in [0.1, 0.15) is 5.56 Å². The lowest BCUT2D eigenvalue weighted by Crippen LogP contribution is -2.09. The molecule has 0 bridgehead atoms. The fourth-order valence-corrected chi connectivity index (χ4v) is 2.10. The van der Waals surface area contributed by atoms with Gasteiger partial charge in [-0.3, -0.25) is 0 Å². The molecule has 5 nitrogen and oxygen atoms in total. The second kappa shape index (κ2) is 6.00. The van der Waals surface area contributed by atoms with E-state index in [1.54, 1.807) is 0 Å². The summed E-state index contributed by atoms with van der Waals surface area (Å²) in [5, 5.41) is 10.7. The van der Waals surface area contributed by atoms with Gasteiger partial charge in [0, 0.05) is 5.56 Å². The zero-order chi connectivity index (χ0) is 14.8. The Morgan fingerprint density at radius 2 is 1.53 bits per heavy atom. The highest BCUT2D eigenvalue weighted by atomic mass is 32.3. The van der Waals surface area contributed by atoms with E-state index in [9.17, 15) is 29.9 Å². The van der Waals surface area contributed by atoms with Gasteiger partial charge in [-0.2, -0.15) is 8.42 Å². The normalized spacial score (nSPS) is 11.9. The first kappa shape index (κ1) is 16.1. The molecule has 108 valence electrons. The van der Waals surface area contributed by atoms with Gasteiger partial charge in [-0.25, -0.2) is 22.8 Å². The quantitative estimate of drug-likeness (QED) is 0.224. The van der Waals surface area contributed by atoms with Gasteiger partial charge in [-0.1, -0.05) is 5.04 Å². The van der Waals surface area contributed by atoms with E-state index in [0.717, 1.165) is 0 Å². The molecule has 19 heavy (non-hydrogen) atoms. The maximum absolute atomic E-state index is 13.3. The predicted molar refractivity (Wildman–Crippen MR) is 50.7 cm³/mol. The standard InChI is InChI=1S/C7H3F5O5S2/c8-3-2(1-19(12,14)15)4(9)6(11)7(5(3)10)18-17-16-13/h13H,1H2. The number of benzene rings is 1. The van der Waals surface area contributed by atoms with Crippen LogP contribution in [-0.2, 0) is 25.3 Å². The molecule has 0 spiro atoms. The SMILES string of the molecule is O=S(=O)(F)Cc1c(F)c(F)c(SOOO)c(F)c1F. The zero-order valence-electron chi connectivity index (χ0n) is 8.49. The summed E-state index contributed by atoms with van der Waals surface area (Å²) in [7, 11) is -5.40. The predicted octanol–water partition coefficient (Wildman–Crippen LogP) is 2.47. The van der Waals surface area contributed by atoms with Gasteiger partial charge in [0.2, 0.25) is 0 Å². The summed E-state index contributed by atoms with van der Waals surface area (Å²) in [5.41, 5.74) is -1.63. The first-order valence-corrected chi connectivity index (χ1v) is 6.40. The van der Waals surface area contributed by atoms with Gasteiger partial charge in [-0.15, -0.1) is 8.22 Å². The minimum atomic E-state index is -5.40. The van der Waals surface area contributed by atoms with E-state index in [1.165, 1.54) is 0 Å². The molecule has 1 N–H and O–H groups in total. The Bertz CT molecular complexity index is 561. The second-order valence-electron chi connectivity index (χ2n) is 2.97. The molecule has 0 radical (unpaired) electrons. The fraction of sp³-hybridized carbons (Fsp3) is 0.143. The number of rotatable bonds is 5. The highest BCUT2D eigenvalue weighted by Crippen LogP contribution is 2.32. The summed E-state index contributed by atoms with van der Waals surface area (Å²) < 4.78 is 89.5. The molecule has 1 aromatic carbocycles. The largest absolute Gasteiger partial charge is 0.306 e. The van der Waals surface area contributed by atoms with Crippen LogP contribution in [0, 0.1) is 23.3 Å². The van der Waals surface area contributed by atoms with Crippen LogP contribution >= 0.6 is 12.0 Å². The van der Waals surface area contributed by atoms with Gasteiger partial charge in [0.15, 0.2) is 23.3 Å². The van der Waals surface area contributed by atoms with Crippen LogP contribution in [0.15, 0.2) is 4.90 Å². The molecule has 0 heterocycles. The monoisotopic (exact) mass is 326 g/mol. The molecule has 1 aromatic rings. The van der Waals surface area contributed by atoms with E-state index in [2.05, 4.69) is 9.37 Å². The van der Waals surface area contributed by atoms with Gasteiger partial charge < -0.3 is 0 Å². The molecular formula is C7H3F5O5S2. The Balaban J connectivity index is 3.38. The number of hydrogen-bond donors (Lipinski definition) is 1. The Kier molecular flexibility index (Phi) is 5.09. The molecule has 0 aliphatic rings. The van der Waals surface area contributed by atoms with E-state index in [4.69, 9.17) is 5.26 Å². The van der Waals surface area contributed by atoms with Crippen molar-refractivity contribution in [1.29, 1.82) is 0 Å². The lowest BCUT2D eigenvalue weighted by Gasteiger charge is -2.08. The van der Waals surface area contributed by atoms with Crippen LogP contribution in [0.25, 0.3) is 0 Å². The van der Waals surface area contributed by atoms with Gasteiger partial charge >= 0.3 is 10.2 Å². The fourth-order valence-electron chi connectivity index (χ4n) is 1.08. The van der Waals surface area contributed by atoms with Crippen molar-refractivity contribution in [3.63, 3.8) is 0 Å². The van der Waals surface area contributed by atoms with Crippen LogP contribution in [-0.4, -0.2) is 13.7 Å². The van der Waals surface area contributed by atoms with Crippen LogP contribution < -0.4 is 0 Å². The van der Waals surface area contributed by atoms with Crippen molar-refractivity contribution in [3.8, 4) is 0 Å². The highest BCUT2D eigenvalue weighted by molar-refractivity contribution is 7.94. The van der Waals surface area contributed by atoms with Crippen molar-refractivity contribution in [2.75, 3.05) is 0 Å². The topological polar surface area (TPSA) is 72.8 Å². The minimum absolute atomic E-state index is 0.417. The van der Waals surface area contributed by atoms with E-state index in [1.807, 2.05) is 0 Å². The maximum Gasteiger partial charge on any atom is 0.306 e. The third-order valence-corrected chi connectivity index (χ3v) is 3.07. The molecule has 0 saturated heterocycles. The maximum atomic E-state index is 13.3. The van der Waals surface area contributed by atoms with E-state index < -0.39 is 61.7 Å². The number of halogens is 5. The van der Waals surface area contributed by atoms with Gasteiger partial charge in [0.1, 0.15) is 10.6 Å². The first-order chi connectivity index (χ1) is 8.69. The number of hydrogen-bond acceptors (Lipinski definition) is 6. The Hall–Kier alpha value is -0.950. The highest BCUT2D eigenvalue weighted by Gasteiger charge is 2.29. The van der Waals surface area contributed by atoms with Gasteiger partial charge in [0.05, 0.1) is 12.0 Å². The second-order valence-corrected chi connectivity index (χ2v) is 5.05. The lowest BCUT2D eigenvalue weighted by atomic mass is 10.2. The molecule has 0 aromatic heterocycles. The lowest BCUT2D eigenvalue weighted by molar-refractivity contribution is -0.432. The molecule has 0 saturated carbocycles. The molecular weight excluding hydrogens is 323 g/mol. The van der Waals surface area contributed by atoms with Gasteiger partial charge in [-0.05, 0) is 0 Å². The molecule has 0 unspecified atom stereocenters. The van der Waals surface area contributed by atoms with Crippen LogP contribution in [0.4, 0.5) is 21.4 Å². The molecule has 0 fully saturated rings. The molecule has 1 rings (SSSR count). The van der Waals surface area contributed by atoms with Gasteiger partial charge in [0.25, 0.3) is 0 Å². The summed E-state index contributed by atoms with van der Waals surface area (Å²) >= 11 is -0.417. The summed E-state index contributed by atoms with van der Waals surface area (Å²) in [6.07, 6.45) is 0. The van der Waals surface area contributed by atoms with Crippen LogP contribution in [0.3, 0.4) is 0 Å². The third-order valence-electron chi connectivity index (χ3n) is 1.78. The van der Waals surface area contributed by atoms with Crippen molar-refractivity contribution in [3.05, 3.63) is 28.8 Å².